The number of rotatable bonds is 8. The van der Waals surface area contributed by atoms with Gasteiger partial charge in [0, 0.05) is 23.9 Å². The van der Waals surface area contributed by atoms with E-state index in [0.717, 1.165) is 25.7 Å². The molecule has 0 unspecified atom stereocenters. The zero-order valence-corrected chi connectivity index (χ0v) is 17.8. The molecule has 8 heteroatoms. The van der Waals surface area contributed by atoms with Crippen molar-refractivity contribution in [1.82, 2.24) is 5.32 Å². The van der Waals surface area contributed by atoms with E-state index in [1.807, 2.05) is 0 Å². The molecule has 0 aliphatic heterocycles. The van der Waals surface area contributed by atoms with E-state index in [1.54, 1.807) is 55.6 Å². The Labute approximate surface area is 182 Å². The Morgan fingerprint density at radius 3 is 2.40 bits per heavy atom. The van der Waals surface area contributed by atoms with Crippen LogP contribution in [0.4, 0.5) is 5.69 Å². The third kappa shape index (κ3) is 6.11. The SMILES string of the molecule is COc1cccc(NC(=O)COc2ccc(C(=O)NC3(CN)CCCC3)cc2)c1.Cl. The fraction of sp³-hybridized carbons (Fsp3) is 0.364. The smallest absolute Gasteiger partial charge is 0.262 e. The van der Waals surface area contributed by atoms with Crippen LogP contribution >= 0.6 is 12.4 Å². The molecule has 30 heavy (non-hydrogen) atoms. The predicted octanol–water partition coefficient (Wildman–Crippen LogP) is 3.14. The van der Waals surface area contributed by atoms with Crippen LogP contribution in [0, 0.1) is 0 Å². The van der Waals surface area contributed by atoms with Crippen molar-refractivity contribution in [2.45, 2.75) is 31.2 Å². The fourth-order valence-electron chi connectivity index (χ4n) is 3.49. The zero-order chi connectivity index (χ0) is 20.7. The van der Waals surface area contributed by atoms with E-state index in [2.05, 4.69) is 10.6 Å². The summed E-state index contributed by atoms with van der Waals surface area (Å²) in [5.41, 5.74) is 6.76. The van der Waals surface area contributed by atoms with Crippen molar-refractivity contribution in [3.8, 4) is 11.5 Å². The van der Waals surface area contributed by atoms with Gasteiger partial charge in [-0.05, 0) is 49.2 Å². The molecular weight excluding hydrogens is 406 g/mol. The third-order valence-electron chi connectivity index (χ3n) is 5.17. The molecule has 1 aliphatic rings. The lowest BCUT2D eigenvalue weighted by molar-refractivity contribution is -0.118. The van der Waals surface area contributed by atoms with E-state index in [-0.39, 0.29) is 36.4 Å². The Balaban J connectivity index is 0.00000320. The van der Waals surface area contributed by atoms with Crippen LogP contribution in [-0.4, -0.2) is 37.6 Å². The second kappa shape index (κ2) is 10.8. The Kier molecular flexibility index (Phi) is 8.50. The van der Waals surface area contributed by atoms with Crippen molar-refractivity contribution in [3.63, 3.8) is 0 Å². The van der Waals surface area contributed by atoms with Gasteiger partial charge in [0.1, 0.15) is 11.5 Å². The van der Waals surface area contributed by atoms with Crippen LogP contribution in [0.25, 0.3) is 0 Å². The quantitative estimate of drug-likeness (QED) is 0.593. The van der Waals surface area contributed by atoms with Crippen LogP contribution in [0.5, 0.6) is 11.5 Å². The van der Waals surface area contributed by atoms with E-state index < -0.39 is 0 Å². The number of anilines is 1. The van der Waals surface area contributed by atoms with Gasteiger partial charge in [0.2, 0.25) is 0 Å². The molecule has 2 aromatic rings. The highest BCUT2D eigenvalue weighted by atomic mass is 35.5. The maximum Gasteiger partial charge on any atom is 0.262 e. The first kappa shape index (κ1) is 23.5. The lowest BCUT2D eigenvalue weighted by atomic mass is 9.97. The number of hydrogen-bond acceptors (Lipinski definition) is 5. The van der Waals surface area contributed by atoms with Crippen molar-refractivity contribution < 1.29 is 19.1 Å². The molecule has 0 spiro atoms. The van der Waals surface area contributed by atoms with Gasteiger partial charge in [-0.15, -0.1) is 12.4 Å². The van der Waals surface area contributed by atoms with Crippen LogP contribution in [0.15, 0.2) is 48.5 Å². The Morgan fingerprint density at radius 2 is 1.77 bits per heavy atom. The molecule has 2 aromatic carbocycles. The summed E-state index contributed by atoms with van der Waals surface area (Å²) in [4.78, 5) is 24.6. The van der Waals surface area contributed by atoms with Crippen molar-refractivity contribution >= 4 is 29.9 Å². The number of amides is 2. The number of nitrogens with two attached hydrogens (primary N) is 1. The molecular formula is C22H28ClN3O4. The molecule has 1 saturated carbocycles. The summed E-state index contributed by atoms with van der Waals surface area (Å²) in [5, 5.41) is 5.83. The summed E-state index contributed by atoms with van der Waals surface area (Å²) in [6.45, 7) is 0.307. The van der Waals surface area contributed by atoms with Crippen molar-refractivity contribution in [3.05, 3.63) is 54.1 Å². The number of carbonyl (C=O) groups is 2. The van der Waals surface area contributed by atoms with Crippen molar-refractivity contribution in [1.29, 1.82) is 0 Å². The van der Waals surface area contributed by atoms with Crippen LogP contribution < -0.4 is 25.8 Å². The van der Waals surface area contributed by atoms with Gasteiger partial charge in [0.05, 0.1) is 12.6 Å². The molecule has 3 rings (SSSR count). The molecule has 0 aromatic heterocycles. The Hall–Kier alpha value is -2.77. The molecule has 0 heterocycles. The lowest BCUT2D eigenvalue weighted by Crippen LogP contribution is -2.51. The van der Waals surface area contributed by atoms with E-state index >= 15 is 0 Å². The lowest BCUT2D eigenvalue weighted by Gasteiger charge is -2.28. The van der Waals surface area contributed by atoms with Crippen LogP contribution in [-0.2, 0) is 4.79 Å². The van der Waals surface area contributed by atoms with E-state index in [9.17, 15) is 9.59 Å². The molecule has 0 bridgehead atoms. The highest BCUT2D eigenvalue weighted by Crippen LogP contribution is 2.29. The Morgan fingerprint density at radius 1 is 1.07 bits per heavy atom. The van der Waals surface area contributed by atoms with Crippen LogP contribution in [0.2, 0.25) is 0 Å². The number of benzene rings is 2. The molecule has 2 amide bonds. The predicted molar refractivity (Wildman–Crippen MR) is 119 cm³/mol. The third-order valence-corrected chi connectivity index (χ3v) is 5.17. The van der Waals surface area contributed by atoms with Gasteiger partial charge in [-0.1, -0.05) is 18.9 Å². The van der Waals surface area contributed by atoms with Gasteiger partial charge in [-0.2, -0.15) is 0 Å². The highest BCUT2D eigenvalue weighted by Gasteiger charge is 2.34. The summed E-state index contributed by atoms with van der Waals surface area (Å²) >= 11 is 0. The van der Waals surface area contributed by atoms with Gasteiger partial charge in [-0.3, -0.25) is 9.59 Å². The van der Waals surface area contributed by atoms with Crippen molar-refractivity contribution in [2.24, 2.45) is 5.73 Å². The number of ether oxygens (including phenoxy) is 2. The second-order valence-electron chi connectivity index (χ2n) is 7.24. The van der Waals surface area contributed by atoms with Gasteiger partial charge in [0.15, 0.2) is 6.61 Å². The van der Waals surface area contributed by atoms with E-state index in [1.165, 1.54) is 0 Å². The summed E-state index contributed by atoms with van der Waals surface area (Å²) in [6.07, 6.45) is 4.00. The van der Waals surface area contributed by atoms with E-state index in [4.69, 9.17) is 15.2 Å². The minimum Gasteiger partial charge on any atom is -0.497 e. The van der Waals surface area contributed by atoms with Crippen LogP contribution in [0.3, 0.4) is 0 Å². The average molecular weight is 434 g/mol. The van der Waals surface area contributed by atoms with Gasteiger partial charge >= 0.3 is 0 Å². The zero-order valence-electron chi connectivity index (χ0n) is 17.0. The molecule has 162 valence electrons. The largest absolute Gasteiger partial charge is 0.497 e. The van der Waals surface area contributed by atoms with Crippen LogP contribution in [0.1, 0.15) is 36.0 Å². The normalized spacial score (nSPS) is 14.3. The van der Waals surface area contributed by atoms with Gasteiger partial charge in [0.25, 0.3) is 11.8 Å². The number of nitrogens with one attached hydrogen (secondary N) is 2. The average Bonchev–Trinajstić information content (AvgIpc) is 3.21. The summed E-state index contributed by atoms with van der Waals surface area (Å²) in [5.74, 6) is 0.745. The van der Waals surface area contributed by atoms with Gasteiger partial charge in [-0.25, -0.2) is 0 Å². The first-order valence-electron chi connectivity index (χ1n) is 9.73. The molecule has 0 saturated heterocycles. The number of carbonyl (C=O) groups excluding carboxylic acids is 2. The first-order valence-corrected chi connectivity index (χ1v) is 9.73. The second-order valence-corrected chi connectivity index (χ2v) is 7.24. The maximum atomic E-state index is 12.5. The number of halogens is 1. The molecule has 1 fully saturated rings. The monoisotopic (exact) mass is 433 g/mol. The topological polar surface area (TPSA) is 103 Å². The highest BCUT2D eigenvalue weighted by molar-refractivity contribution is 5.95. The fourth-order valence-corrected chi connectivity index (χ4v) is 3.49. The van der Waals surface area contributed by atoms with Crippen molar-refractivity contribution in [2.75, 3.05) is 25.6 Å². The molecule has 0 atom stereocenters. The molecule has 7 nitrogen and oxygen atoms in total. The number of hydrogen-bond donors (Lipinski definition) is 3. The minimum atomic E-state index is -0.287. The first-order chi connectivity index (χ1) is 14.0. The summed E-state index contributed by atoms with van der Waals surface area (Å²) in [7, 11) is 1.57. The minimum absolute atomic E-state index is 0. The van der Waals surface area contributed by atoms with E-state index in [0.29, 0.717) is 29.3 Å². The summed E-state index contributed by atoms with van der Waals surface area (Å²) in [6, 6.07) is 13.8. The maximum absolute atomic E-state index is 12.5. The standard InChI is InChI=1S/C22H27N3O4.ClH/c1-28-19-6-4-5-17(13-19)24-20(26)14-29-18-9-7-16(8-10-18)21(27)25-22(15-23)11-2-3-12-22;/h4-10,13H,2-3,11-12,14-15,23H2,1H3,(H,24,26)(H,25,27);1H. The van der Waals surface area contributed by atoms with Gasteiger partial charge < -0.3 is 25.8 Å². The molecule has 4 N–H and O–H groups in total. The Bertz CT molecular complexity index is 852. The number of methoxy groups -OCH3 is 1. The summed E-state index contributed by atoms with van der Waals surface area (Å²) < 4.78 is 10.6. The molecule has 0 radical (unpaired) electrons. The molecule has 1 aliphatic carbocycles.